The molecule has 3 heterocycles. The van der Waals surface area contributed by atoms with Gasteiger partial charge in [-0.1, -0.05) is 0 Å². The second kappa shape index (κ2) is 8.44. The SMILES string of the molecule is Cc1c(-c2cc3cc(NC(=O)O)ncc3c(C)c2F)cnc2c1N(C(=O)OC(C)(C)C)CCO2. The van der Waals surface area contributed by atoms with E-state index in [9.17, 15) is 9.59 Å². The lowest BCUT2D eigenvalue weighted by molar-refractivity contribution is 0.0566. The molecule has 9 nitrogen and oxygen atoms in total. The molecule has 178 valence electrons. The molecule has 10 heteroatoms. The summed E-state index contributed by atoms with van der Waals surface area (Å²) in [6.07, 6.45) is 1.15. The van der Waals surface area contributed by atoms with Crippen LogP contribution in [0.4, 0.5) is 25.5 Å². The lowest BCUT2D eigenvalue weighted by Gasteiger charge is -2.32. The maximum Gasteiger partial charge on any atom is 0.415 e. The van der Waals surface area contributed by atoms with Crippen LogP contribution in [0.25, 0.3) is 21.9 Å². The van der Waals surface area contributed by atoms with Gasteiger partial charge in [-0.25, -0.2) is 23.9 Å². The molecular weight excluding hydrogens is 443 g/mol. The molecule has 0 fully saturated rings. The Morgan fingerprint density at radius 2 is 1.88 bits per heavy atom. The number of halogens is 1. The molecule has 0 saturated carbocycles. The van der Waals surface area contributed by atoms with Crippen LogP contribution in [0.15, 0.2) is 24.5 Å². The third-order valence-corrected chi connectivity index (χ3v) is 5.44. The minimum absolute atomic E-state index is 0.127. The molecule has 0 atom stereocenters. The van der Waals surface area contributed by atoms with E-state index >= 15 is 4.39 Å². The van der Waals surface area contributed by atoms with Crippen molar-refractivity contribution in [2.45, 2.75) is 40.2 Å². The van der Waals surface area contributed by atoms with E-state index < -0.39 is 23.6 Å². The molecular formula is C24H25FN4O5. The first-order chi connectivity index (χ1) is 16.0. The predicted octanol–water partition coefficient (Wildman–Crippen LogP) is 5.28. The molecule has 1 aliphatic heterocycles. The number of hydrogen-bond donors (Lipinski definition) is 2. The van der Waals surface area contributed by atoms with Crippen LogP contribution in [0.3, 0.4) is 0 Å². The normalized spacial score (nSPS) is 13.3. The highest BCUT2D eigenvalue weighted by atomic mass is 19.1. The molecule has 2 amide bonds. The van der Waals surface area contributed by atoms with Crippen molar-refractivity contribution in [2.75, 3.05) is 23.4 Å². The number of amides is 2. The smallest absolute Gasteiger partial charge is 0.415 e. The van der Waals surface area contributed by atoms with Gasteiger partial charge < -0.3 is 14.6 Å². The molecule has 0 spiro atoms. The number of nitrogens with one attached hydrogen (secondary N) is 1. The third kappa shape index (κ3) is 4.30. The maximum atomic E-state index is 15.5. The van der Waals surface area contributed by atoms with Crippen LogP contribution in [0.1, 0.15) is 31.9 Å². The minimum Gasteiger partial charge on any atom is -0.474 e. The topological polar surface area (TPSA) is 114 Å². The summed E-state index contributed by atoms with van der Waals surface area (Å²) in [5, 5.41) is 12.3. The number of aryl methyl sites for hydroxylation is 1. The van der Waals surface area contributed by atoms with Crippen molar-refractivity contribution in [3.05, 3.63) is 41.5 Å². The zero-order valence-corrected chi connectivity index (χ0v) is 19.5. The molecule has 34 heavy (non-hydrogen) atoms. The zero-order valence-electron chi connectivity index (χ0n) is 19.5. The summed E-state index contributed by atoms with van der Waals surface area (Å²) < 4.78 is 26.7. The third-order valence-electron chi connectivity index (χ3n) is 5.44. The Hall–Kier alpha value is -3.95. The molecule has 3 aromatic rings. The summed E-state index contributed by atoms with van der Waals surface area (Å²) in [5.41, 5.74) is 1.44. The van der Waals surface area contributed by atoms with E-state index in [1.165, 1.54) is 23.4 Å². The highest BCUT2D eigenvalue weighted by Gasteiger charge is 2.32. The zero-order chi connectivity index (χ0) is 24.8. The molecule has 1 aromatic carbocycles. The van der Waals surface area contributed by atoms with Crippen LogP contribution in [-0.4, -0.2) is 46.0 Å². The Bertz CT molecular complexity index is 1320. The van der Waals surface area contributed by atoms with E-state index in [1.807, 2.05) is 0 Å². The number of hydrogen-bond acceptors (Lipinski definition) is 6. The van der Waals surface area contributed by atoms with Crippen LogP contribution in [-0.2, 0) is 4.74 Å². The summed E-state index contributed by atoms with van der Waals surface area (Å²) >= 11 is 0. The number of rotatable bonds is 2. The van der Waals surface area contributed by atoms with Crippen molar-refractivity contribution in [1.29, 1.82) is 0 Å². The van der Waals surface area contributed by atoms with Crippen molar-refractivity contribution in [3.63, 3.8) is 0 Å². The Morgan fingerprint density at radius 1 is 1.15 bits per heavy atom. The van der Waals surface area contributed by atoms with Crippen molar-refractivity contribution in [1.82, 2.24) is 9.97 Å². The Kier molecular flexibility index (Phi) is 5.76. The van der Waals surface area contributed by atoms with Gasteiger partial charge in [0.1, 0.15) is 29.5 Å². The van der Waals surface area contributed by atoms with E-state index in [0.29, 0.717) is 33.2 Å². The number of carbonyl (C=O) groups is 2. The number of fused-ring (bicyclic) bond motifs is 2. The number of carbonyl (C=O) groups excluding carboxylic acids is 1. The fourth-order valence-corrected chi connectivity index (χ4v) is 3.93. The molecule has 0 radical (unpaired) electrons. The lowest BCUT2D eigenvalue weighted by Crippen LogP contribution is -2.42. The molecule has 0 bridgehead atoms. The summed E-state index contributed by atoms with van der Waals surface area (Å²) in [5.74, 6) is -0.0613. The van der Waals surface area contributed by atoms with Crippen molar-refractivity contribution < 1.29 is 28.6 Å². The van der Waals surface area contributed by atoms with Gasteiger partial charge in [-0.2, -0.15) is 0 Å². The Morgan fingerprint density at radius 3 is 2.56 bits per heavy atom. The molecule has 1 aliphatic rings. The van der Waals surface area contributed by atoms with Crippen molar-refractivity contribution in [3.8, 4) is 17.0 Å². The van der Waals surface area contributed by atoms with Gasteiger partial charge in [-0.05, 0) is 63.3 Å². The molecule has 2 N–H and O–H groups in total. The van der Waals surface area contributed by atoms with Gasteiger partial charge in [0.2, 0.25) is 5.88 Å². The highest BCUT2D eigenvalue weighted by molar-refractivity contribution is 5.96. The van der Waals surface area contributed by atoms with Gasteiger partial charge in [0.15, 0.2) is 0 Å². The number of benzene rings is 1. The number of carboxylic acid groups (broad SMARTS) is 1. The summed E-state index contributed by atoms with van der Waals surface area (Å²) in [4.78, 5) is 33.7. The average molecular weight is 468 g/mol. The van der Waals surface area contributed by atoms with Crippen LogP contribution in [0, 0.1) is 19.7 Å². The number of pyridine rings is 2. The standard InChI is InChI=1S/C24H25FN4O5/c1-12-16-10-26-18(28-22(30)31)9-14(16)8-15(19(12)25)17-11-27-21-20(13(17)2)29(6-7-33-21)23(32)34-24(3,4)5/h8-11H,6-7H2,1-5H3,(H,26,28)(H,30,31). The quantitative estimate of drug-likeness (QED) is 0.526. The van der Waals surface area contributed by atoms with Crippen LogP contribution in [0.2, 0.25) is 0 Å². The summed E-state index contributed by atoms with van der Waals surface area (Å²) in [6, 6.07) is 3.15. The van der Waals surface area contributed by atoms with Gasteiger partial charge >= 0.3 is 12.2 Å². The lowest BCUT2D eigenvalue weighted by atomic mass is 9.95. The average Bonchev–Trinajstić information content (AvgIpc) is 2.75. The molecule has 0 unspecified atom stereocenters. The summed E-state index contributed by atoms with van der Waals surface area (Å²) in [6.45, 7) is 9.27. The van der Waals surface area contributed by atoms with E-state index in [0.717, 1.165) is 0 Å². The first-order valence-electron chi connectivity index (χ1n) is 10.7. The van der Waals surface area contributed by atoms with E-state index in [4.69, 9.17) is 14.6 Å². The Labute approximate surface area is 195 Å². The predicted molar refractivity (Wildman–Crippen MR) is 125 cm³/mol. The van der Waals surface area contributed by atoms with E-state index in [1.54, 1.807) is 40.7 Å². The minimum atomic E-state index is -1.25. The highest BCUT2D eigenvalue weighted by Crippen LogP contribution is 2.41. The van der Waals surface area contributed by atoms with Gasteiger partial charge in [0, 0.05) is 28.9 Å². The van der Waals surface area contributed by atoms with Gasteiger partial charge in [-0.3, -0.25) is 10.2 Å². The van der Waals surface area contributed by atoms with Crippen LogP contribution in [0.5, 0.6) is 5.88 Å². The van der Waals surface area contributed by atoms with Crippen molar-refractivity contribution in [2.24, 2.45) is 0 Å². The van der Waals surface area contributed by atoms with Gasteiger partial charge in [0.05, 0.1) is 6.54 Å². The second-order valence-electron chi connectivity index (χ2n) is 9.02. The van der Waals surface area contributed by atoms with E-state index in [-0.39, 0.29) is 30.4 Å². The number of ether oxygens (including phenoxy) is 2. The molecule has 2 aromatic heterocycles. The second-order valence-corrected chi connectivity index (χ2v) is 9.02. The number of aromatic nitrogens is 2. The largest absolute Gasteiger partial charge is 0.474 e. The first kappa shape index (κ1) is 23.2. The molecule has 0 saturated heterocycles. The van der Waals surface area contributed by atoms with Gasteiger partial charge in [0.25, 0.3) is 0 Å². The summed E-state index contributed by atoms with van der Waals surface area (Å²) in [7, 11) is 0. The van der Waals surface area contributed by atoms with Gasteiger partial charge in [-0.15, -0.1) is 0 Å². The first-order valence-corrected chi connectivity index (χ1v) is 10.7. The Balaban J connectivity index is 1.86. The number of nitrogens with zero attached hydrogens (tertiary/aromatic N) is 3. The van der Waals surface area contributed by atoms with Crippen LogP contribution < -0.4 is 15.0 Å². The fourth-order valence-electron chi connectivity index (χ4n) is 3.93. The maximum absolute atomic E-state index is 15.5. The monoisotopic (exact) mass is 468 g/mol. The number of anilines is 2. The van der Waals surface area contributed by atoms with Crippen LogP contribution >= 0.6 is 0 Å². The van der Waals surface area contributed by atoms with E-state index in [2.05, 4.69) is 15.3 Å². The fraction of sp³-hybridized carbons (Fsp3) is 0.333. The molecule has 4 rings (SSSR count). The van der Waals surface area contributed by atoms with Crippen molar-refractivity contribution >= 4 is 34.5 Å². The molecule has 0 aliphatic carbocycles.